The van der Waals surface area contributed by atoms with Gasteiger partial charge >= 0.3 is 0 Å². The van der Waals surface area contributed by atoms with E-state index in [1.807, 2.05) is 24.3 Å². The molecule has 1 saturated carbocycles. The third-order valence-electron chi connectivity index (χ3n) is 6.85. The van der Waals surface area contributed by atoms with Crippen molar-refractivity contribution in [2.75, 3.05) is 26.2 Å². The molecule has 3 nitrogen and oxygen atoms in total. The Morgan fingerprint density at radius 2 is 1.77 bits per heavy atom. The lowest BCUT2D eigenvalue weighted by molar-refractivity contribution is 0.0719. The summed E-state index contributed by atoms with van der Waals surface area (Å²) < 4.78 is 0. The average Bonchev–Trinajstić information content (AvgIpc) is 2.95. The standard InChI is InChI=1S/C23H28N2O/c26-23(22-10-4-8-19-7-1-2-9-21(19)22)25-15-18-11-12-20(16-25)24(14-18)13-17-5-3-6-17/h1-2,4,7-10,17-18,20H,3,5-6,11-16H2/t18-,20-/m1/s1. The van der Waals surface area contributed by atoms with Crippen molar-refractivity contribution in [3.8, 4) is 0 Å². The van der Waals surface area contributed by atoms with E-state index in [-0.39, 0.29) is 5.91 Å². The van der Waals surface area contributed by atoms with E-state index in [1.54, 1.807) is 0 Å². The Bertz CT molecular complexity index is 807. The van der Waals surface area contributed by atoms with E-state index in [0.717, 1.165) is 35.3 Å². The highest BCUT2D eigenvalue weighted by atomic mass is 16.2. The van der Waals surface area contributed by atoms with Crippen LogP contribution in [-0.2, 0) is 0 Å². The molecule has 4 fully saturated rings. The van der Waals surface area contributed by atoms with E-state index in [4.69, 9.17) is 0 Å². The van der Waals surface area contributed by atoms with Crippen LogP contribution in [0.3, 0.4) is 0 Å². The molecule has 0 unspecified atom stereocenters. The molecule has 2 atom stereocenters. The fourth-order valence-electron chi connectivity index (χ4n) is 5.16. The molecule has 2 aromatic carbocycles. The van der Waals surface area contributed by atoms with Crippen molar-refractivity contribution in [3.63, 3.8) is 0 Å². The number of nitrogens with zero attached hydrogens (tertiary/aromatic N) is 2. The van der Waals surface area contributed by atoms with Gasteiger partial charge in [-0.05, 0) is 54.4 Å². The number of piperidine rings is 1. The monoisotopic (exact) mass is 348 g/mol. The lowest BCUT2D eigenvalue weighted by Crippen LogP contribution is -2.47. The second-order valence-corrected chi connectivity index (χ2v) is 8.58. The van der Waals surface area contributed by atoms with E-state index >= 15 is 0 Å². The first-order valence-corrected chi connectivity index (χ1v) is 10.3. The molecule has 6 rings (SSSR count). The highest BCUT2D eigenvalue weighted by molar-refractivity contribution is 6.07. The van der Waals surface area contributed by atoms with Crippen molar-refractivity contribution in [2.45, 2.75) is 38.1 Å². The van der Waals surface area contributed by atoms with Crippen LogP contribution in [0.25, 0.3) is 10.8 Å². The van der Waals surface area contributed by atoms with Gasteiger partial charge in [-0.1, -0.05) is 42.8 Å². The van der Waals surface area contributed by atoms with Crippen molar-refractivity contribution >= 4 is 16.7 Å². The normalized spacial score (nSPS) is 26.7. The number of hydrogen-bond acceptors (Lipinski definition) is 2. The molecule has 2 bridgehead atoms. The Morgan fingerprint density at radius 1 is 0.923 bits per heavy atom. The largest absolute Gasteiger partial charge is 0.337 e. The number of benzene rings is 2. The third kappa shape index (κ3) is 2.92. The highest BCUT2D eigenvalue weighted by Gasteiger charge is 2.38. The zero-order valence-corrected chi connectivity index (χ0v) is 15.4. The molecule has 0 radical (unpaired) electrons. The van der Waals surface area contributed by atoms with Gasteiger partial charge in [-0.3, -0.25) is 9.69 Å². The van der Waals surface area contributed by atoms with Gasteiger partial charge < -0.3 is 4.90 Å². The summed E-state index contributed by atoms with van der Waals surface area (Å²) in [5.41, 5.74) is 0.870. The quantitative estimate of drug-likeness (QED) is 0.831. The van der Waals surface area contributed by atoms with Gasteiger partial charge in [0.2, 0.25) is 0 Å². The summed E-state index contributed by atoms with van der Waals surface area (Å²) in [7, 11) is 0. The summed E-state index contributed by atoms with van der Waals surface area (Å²) in [4.78, 5) is 18.3. The predicted molar refractivity (Wildman–Crippen MR) is 105 cm³/mol. The maximum Gasteiger partial charge on any atom is 0.254 e. The summed E-state index contributed by atoms with van der Waals surface area (Å²) in [5, 5.41) is 2.24. The van der Waals surface area contributed by atoms with Crippen LogP contribution in [0.1, 0.15) is 42.5 Å². The summed E-state index contributed by atoms with van der Waals surface area (Å²) in [6.07, 6.45) is 6.78. The minimum Gasteiger partial charge on any atom is -0.337 e. The van der Waals surface area contributed by atoms with Gasteiger partial charge in [-0.2, -0.15) is 0 Å². The summed E-state index contributed by atoms with van der Waals surface area (Å²) >= 11 is 0. The van der Waals surface area contributed by atoms with Crippen LogP contribution < -0.4 is 0 Å². The second-order valence-electron chi connectivity index (χ2n) is 8.58. The van der Waals surface area contributed by atoms with Crippen LogP contribution in [0.4, 0.5) is 0 Å². The van der Waals surface area contributed by atoms with Gasteiger partial charge in [0, 0.05) is 37.8 Å². The Labute approximate surface area is 156 Å². The average molecular weight is 348 g/mol. The van der Waals surface area contributed by atoms with Crippen LogP contribution in [0, 0.1) is 11.8 Å². The molecule has 26 heavy (non-hydrogen) atoms. The summed E-state index contributed by atoms with van der Waals surface area (Å²) in [6, 6.07) is 14.9. The minimum absolute atomic E-state index is 0.226. The molecule has 3 aliphatic heterocycles. The SMILES string of the molecule is O=C(c1cccc2ccccc12)N1C[C@@H]2CC[C@H](C1)N(CC1CCC1)C2. The molecule has 0 aromatic heterocycles. The van der Waals surface area contributed by atoms with Crippen molar-refractivity contribution < 1.29 is 4.79 Å². The number of fused-ring (bicyclic) bond motifs is 5. The van der Waals surface area contributed by atoms with Crippen LogP contribution in [0.5, 0.6) is 0 Å². The molecule has 3 heterocycles. The number of hydrogen-bond donors (Lipinski definition) is 0. The lowest BCUT2D eigenvalue weighted by atomic mass is 9.83. The molecule has 136 valence electrons. The summed E-state index contributed by atoms with van der Waals surface area (Å²) in [6.45, 7) is 4.29. The van der Waals surface area contributed by atoms with Gasteiger partial charge in [-0.25, -0.2) is 0 Å². The molecule has 0 spiro atoms. The molecule has 1 aliphatic carbocycles. The molecule has 1 amide bonds. The zero-order valence-electron chi connectivity index (χ0n) is 15.4. The van der Waals surface area contributed by atoms with Crippen LogP contribution >= 0.6 is 0 Å². The van der Waals surface area contributed by atoms with Gasteiger partial charge in [-0.15, -0.1) is 0 Å². The van der Waals surface area contributed by atoms with Gasteiger partial charge in [0.15, 0.2) is 0 Å². The number of rotatable bonds is 3. The van der Waals surface area contributed by atoms with Crippen molar-refractivity contribution in [1.82, 2.24) is 9.80 Å². The second kappa shape index (κ2) is 6.70. The van der Waals surface area contributed by atoms with Crippen molar-refractivity contribution in [2.24, 2.45) is 11.8 Å². The zero-order chi connectivity index (χ0) is 17.5. The van der Waals surface area contributed by atoms with E-state index < -0.39 is 0 Å². The Balaban J connectivity index is 1.39. The fraction of sp³-hybridized carbons (Fsp3) is 0.522. The maximum atomic E-state index is 13.4. The topological polar surface area (TPSA) is 23.6 Å². The van der Waals surface area contributed by atoms with Crippen LogP contribution in [0.2, 0.25) is 0 Å². The van der Waals surface area contributed by atoms with E-state index in [9.17, 15) is 4.79 Å². The molecule has 4 aliphatic rings. The van der Waals surface area contributed by atoms with Gasteiger partial charge in [0.05, 0.1) is 0 Å². The van der Waals surface area contributed by atoms with E-state index in [0.29, 0.717) is 12.0 Å². The van der Waals surface area contributed by atoms with Crippen LogP contribution in [0.15, 0.2) is 42.5 Å². The number of carbonyl (C=O) groups is 1. The molecule has 0 N–H and O–H groups in total. The molecule has 3 heteroatoms. The minimum atomic E-state index is 0.226. The Morgan fingerprint density at radius 3 is 2.62 bits per heavy atom. The van der Waals surface area contributed by atoms with Crippen molar-refractivity contribution in [3.05, 3.63) is 48.0 Å². The van der Waals surface area contributed by atoms with Gasteiger partial charge in [0.25, 0.3) is 5.91 Å². The predicted octanol–water partition coefficient (Wildman–Crippen LogP) is 4.18. The van der Waals surface area contributed by atoms with E-state index in [2.05, 4.69) is 28.0 Å². The lowest BCUT2D eigenvalue weighted by Gasteiger charge is -2.40. The third-order valence-corrected chi connectivity index (χ3v) is 6.85. The smallest absolute Gasteiger partial charge is 0.254 e. The van der Waals surface area contributed by atoms with Crippen molar-refractivity contribution in [1.29, 1.82) is 0 Å². The fourth-order valence-corrected chi connectivity index (χ4v) is 5.16. The first-order valence-electron chi connectivity index (χ1n) is 10.3. The molecular formula is C23H28N2O. The number of amides is 1. The Hall–Kier alpha value is -1.87. The molecule has 3 saturated heterocycles. The highest BCUT2D eigenvalue weighted by Crippen LogP contribution is 2.34. The van der Waals surface area contributed by atoms with E-state index in [1.165, 1.54) is 45.2 Å². The van der Waals surface area contributed by atoms with Gasteiger partial charge in [0.1, 0.15) is 0 Å². The number of carbonyl (C=O) groups excluding carboxylic acids is 1. The molecular weight excluding hydrogens is 320 g/mol. The van der Waals surface area contributed by atoms with Crippen LogP contribution in [-0.4, -0.2) is 47.9 Å². The maximum absolute atomic E-state index is 13.4. The first kappa shape index (κ1) is 16.3. The Kier molecular flexibility index (Phi) is 4.20. The summed E-state index contributed by atoms with van der Waals surface area (Å²) in [5.74, 6) is 1.79. The molecule has 2 aromatic rings. The first-order chi connectivity index (χ1) is 12.8.